The Kier molecular flexibility index (Phi) is 10.4. The molecule has 0 fully saturated rings. The maximum Gasteiger partial charge on any atom is 0.306 e. The lowest BCUT2D eigenvalue weighted by atomic mass is 10.1. The van der Waals surface area contributed by atoms with Crippen molar-refractivity contribution in [3.8, 4) is 0 Å². The van der Waals surface area contributed by atoms with Gasteiger partial charge in [0.25, 0.3) is 0 Å². The maximum absolute atomic E-state index is 11.5. The van der Waals surface area contributed by atoms with E-state index in [-0.39, 0.29) is 11.0 Å². The number of allylic oxidation sites excluding steroid dienone is 2. The van der Waals surface area contributed by atoms with E-state index in [0.29, 0.717) is 13.0 Å². The van der Waals surface area contributed by atoms with Gasteiger partial charge in [-0.15, -0.1) is 0 Å². The number of esters is 1. The van der Waals surface area contributed by atoms with Crippen molar-refractivity contribution in [2.75, 3.05) is 13.2 Å². The van der Waals surface area contributed by atoms with Gasteiger partial charge in [0.1, 0.15) is 6.61 Å². The molecule has 0 aliphatic heterocycles. The quantitative estimate of drug-likeness (QED) is 0.211. The molecule has 0 aromatic carbocycles. The highest BCUT2D eigenvalue weighted by atomic mass is 28.4. The van der Waals surface area contributed by atoms with Crippen LogP contribution in [-0.4, -0.2) is 27.5 Å². The summed E-state index contributed by atoms with van der Waals surface area (Å²) in [7, 11) is -1.62. The molecule has 0 atom stereocenters. The van der Waals surface area contributed by atoms with E-state index in [2.05, 4.69) is 46.5 Å². The SMILES string of the molecule is C=C(CC)CCC(=O)OC/C=C\CCCO[Si](C)(C)C(C)(C)C. The Morgan fingerprint density at radius 1 is 1.17 bits per heavy atom. The minimum absolute atomic E-state index is 0.148. The molecule has 0 amide bonds. The number of carbonyl (C=O) groups is 1. The molecule has 0 saturated carbocycles. The lowest BCUT2D eigenvalue weighted by molar-refractivity contribution is -0.142. The van der Waals surface area contributed by atoms with Crippen molar-refractivity contribution in [2.45, 2.75) is 77.9 Å². The highest BCUT2D eigenvalue weighted by Crippen LogP contribution is 2.36. The standard InChI is InChI=1S/C19H36O3Si/c1-8-17(2)13-14-18(20)21-15-11-9-10-12-16-22-23(6,7)19(3,4)5/h9,11H,2,8,10,12-16H2,1,3-7H3/b11-9-. The summed E-state index contributed by atoms with van der Waals surface area (Å²) < 4.78 is 11.3. The van der Waals surface area contributed by atoms with Crippen LogP contribution in [0.4, 0.5) is 0 Å². The van der Waals surface area contributed by atoms with Gasteiger partial charge in [0, 0.05) is 13.0 Å². The van der Waals surface area contributed by atoms with E-state index in [1.165, 1.54) is 0 Å². The molecule has 0 saturated heterocycles. The summed E-state index contributed by atoms with van der Waals surface area (Å²) in [5.74, 6) is -0.148. The zero-order valence-electron chi connectivity index (χ0n) is 16.0. The number of ether oxygens (including phenoxy) is 1. The Balaban J connectivity index is 3.69. The number of carbonyl (C=O) groups excluding carboxylic acids is 1. The minimum Gasteiger partial charge on any atom is -0.461 e. The average Bonchev–Trinajstić information content (AvgIpc) is 2.46. The molecule has 0 aliphatic rings. The first-order valence-corrected chi connectivity index (χ1v) is 11.6. The molecule has 0 rings (SSSR count). The number of hydrogen-bond donors (Lipinski definition) is 0. The Morgan fingerprint density at radius 3 is 2.39 bits per heavy atom. The second-order valence-electron chi connectivity index (χ2n) is 7.51. The molecule has 0 spiro atoms. The number of hydrogen-bond acceptors (Lipinski definition) is 3. The van der Waals surface area contributed by atoms with E-state index in [1.54, 1.807) is 0 Å². The highest BCUT2D eigenvalue weighted by Gasteiger charge is 2.36. The Bertz CT molecular complexity index is 392. The van der Waals surface area contributed by atoms with Gasteiger partial charge in [-0.05, 0) is 43.8 Å². The first-order chi connectivity index (χ1) is 10.6. The normalized spacial score (nSPS) is 12.6. The zero-order chi connectivity index (χ0) is 17.9. The van der Waals surface area contributed by atoms with Crippen molar-refractivity contribution in [2.24, 2.45) is 0 Å². The van der Waals surface area contributed by atoms with Gasteiger partial charge >= 0.3 is 5.97 Å². The molecule has 0 aliphatic carbocycles. The largest absolute Gasteiger partial charge is 0.461 e. The van der Waals surface area contributed by atoms with Crippen LogP contribution in [0.1, 0.15) is 59.8 Å². The second-order valence-corrected chi connectivity index (χ2v) is 12.3. The van der Waals surface area contributed by atoms with Crippen LogP contribution in [0.2, 0.25) is 18.1 Å². The van der Waals surface area contributed by atoms with Crippen LogP contribution in [0.15, 0.2) is 24.3 Å². The third kappa shape index (κ3) is 10.5. The first kappa shape index (κ1) is 22.1. The van der Waals surface area contributed by atoms with Gasteiger partial charge in [0.2, 0.25) is 0 Å². The third-order valence-corrected chi connectivity index (χ3v) is 9.01. The molecule has 3 nitrogen and oxygen atoms in total. The fourth-order valence-electron chi connectivity index (χ4n) is 1.60. The van der Waals surface area contributed by atoms with Gasteiger partial charge in [0.15, 0.2) is 8.32 Å². The van der Waals surface area contributed by atoms with Crippen LogP contribution in [-0.2, 0) is 14.0 Å². The molecular weight excluding hydrogens is 304 g/mol. The monoisotopic (exact) mass is 340 g/mol. The second kappa shape index (κ2) is 10.8. The third-order valence-electron chi connectivity index (χ3n) is 4.47. The zero-order valence-corrected chi connectivity index (χ0v) is 17.0. The molecule has 23 heavy (non-hydrogen) atoms. The predicted molar refractivity (Wildman–Crippen MR) is 101 cm³/mol. The van der Waals surface area contributed by atoms with Gasteiger partial charge in [-0.1, -0.05) is 52.0 Å². The van der Waals surface area contributed by atoms with Crippen molar-refractivity contribution in [3.05, 3.63) is 24.3 Å². The number of unbranched alkanes of at least 4 members (excludes halogenated alkanes) is 1. The van der Waals surface area contributed by atoms with E-state index in [9.17, 15) is 4.79 Å². The van der Waals surface area contributed by atoms with Crippen molar-refractivity contribution in [1.29, 1.82) is 0 Å². The van der Waals surface area contributed by atoms with Crippen LogP contribution >= 0.6 is 0 Å². The molecule has 0 radical (unpaired) electrons. The molecule has 0 heterocycles. The van der Waals surface area contributed by atoms with Crippen molar-refractivity contribution >= 4 is 14.3 Å². The summed E-state index contributed by atoms with van der Waals surface area (Å²) in [6.45, 7) is 18.4. The van der Waals surface area contributed by atoms with E-state index < -0.39 is 8.32 Å². The molecule has 0 unspecified atom stereocenters. The molecular formula is C19H36O3Si. The topological polar surface area (TPSA) is 35.5 Å². The minimum atomic E-state index is -1.62. The van der Waals surface area contributed by atoms with Crippen LogP contribution in [0, 0.1) is 0 Å². The van der Waals surface area contributed by atoms with Crippen molar-refractivity contribution in [3.63, 3.8) is 0 Å². The molecule has 0 aromatic rings. The Hall–Kier alpha value is -0.873. The van der Waals surface area contributed by atoms with Gasteiger partial charge < -0.3 is 9.16 Å². The van der Waals surface area contributed by atoms with E-state index in [1.807, 2.05) is 13.0 Å². The predicted octanol–water partition coefficient (Wildman–Crippen LogP) is 5.63. The molecule has 0 N–H and O–H groups in total. The lowest BCUT2D eigenvalue weighted by Gasteiger charge is -2.36. The van der Waals surface area contributed by atoms with Crippen LogP contribution in [0.5, 0.6) is 0 Å². The maximum atomic E-state index is 11.5. The molecule has 4 heteroatoms. The Labute approximate surface area is 144 Å². The fraction of sp³-hybridized carbons (Fsp3) is 0.737. The Morgan fingerprint density at radius 2 is 1.83 bits per heavy atom. The van der Waals surface area contributed by atoms with E-state index >= 15 is 0 Å². The smallest absolute Gasteiger partial charge is 0.306 e. The first-order valence-electron chi connectivity index (χ1n) is 8.71. The summed E-state index contributed by atoms with van der Waals surface area (Å²) in [6, 6.07) is 0. The van der Waals surface area contributed by atoms with E-state index in [4.69, 9.17) is 9.16 Å². The van der Waals surface area contributed by atoms with Crippen molar-refractivity contribution in [1.82, 2.24) is 0 Å². The summed E-state index contributed by atoms with van der Waals surface area (Å²) >= 11 is 0. The van der Waals surface area contributed by atoms with Gasteiger partial charge in [-0.2, -0.15) is 0 Å². The van der Waals surface area contributed by atoms with Gasteiger partial charge in [0.05, 0.1) is 0 Å². The molecule has 0 bridgehead atoms. The summed E-state index contributed by atoms with van der Waals surface area (Å²) in [4.78, 5) is 11.5. The van der Waals surface area contributed by atoms with E-state index in [0.717, 1.165) is 37.9 Å². The van der Waals surface area contributed by atoms with Gasteiger partial charge in [-0.3, -0.25) is 4.79 Å². The lowest BCUT2D eigenvalue weighted by Crippen LogP contribution is -2.40. The highest BCUT2D eigenvalue weighted by molar-refractivity contribution is 6.74. The van der Waals surface area contributed by atoms with Crippen LogP contribution < -0.4 is 0 Å². The van der Waals surface area contributed by atoms with Crippen LogP contribution in [0.3, 0.4) is 0 Å². The molecule has 0 aromatic heterocycles. The van der Waals surface area contributed by atoms with Crippen LogP contribution in [0.25, 0.3) is 0 Å². The van der Waals surface area contributed by atoms with Gasteiger partial charge in [-0.25, -0.2) is 0 Å². The summed E-state index contributed by atoms with van der Waals surface area (Å²) in [6.07, 6.45) is 8.02. The molecule has 134 valence electrons. The number of rotatable bonds is 11. The summed E-state index contributed by atoms with van der Waals surface area (Å²) in [5.41, 5.74) is 1.10. The average molecular weight is 341 g/mol. The van der Waals surface area contributed by atoms with Crippen molar-refractivity contribution < 1.29 is 14.0 Å². The summed E-state index contributed by atoms with van der Waals surface area (Å²) in [5, 5.41) is 0.264. The fourth-order valence-corrected chi connectivity index (χ4v) is 2.69.